The summed E-state index contributed by atoms with van der Waals surface area (Å²) in [5.74, 6) is 0.288. The Bertz CT molecular complexity index is 1040. The maximum Gasteiger partial charge on any atom is 0.258 e. The number of amides is 1. The molecule has 146 valence electrons. The smallest absolute Gasteiger partial charge is 0.258 e. The largest absolute Gasteiger partial charge is 0.496 e. The summed E-state index contributed by atoms with van der Waals surface area (Å²) in [5, 5.41) is 0.936. The molecule has 0 saturated carbocycles. The number of aromatic amines is 1. The number of carbonyl (C=O) groups excluding carboxylic acids is 1. The molecule has 0 unspecified atom stereocenters. The van der Waals surface area contributed by atoms with Crippen molar-refractivity contribution in [2.45, 2.75) is 13.5 Å². The third kappa shape index (κ3) is 4.23. The second-order valence-electron chi connectivity index (χ2n) is 6.63. The quantitative estimate of drug-likeness (QED) is 0.684. The highest BCUT2D eigenvalue weighted by Crippen LogP contribution is 2.21. The lowest BCUT2D eigenvalue weighted by Gasteiger charge is -2.23. The molecule has 0 radical (unpaired) electrons. The van der Waals surface area contributed by atoms with Crippen LogP contribution < -0.4 is 10.3 Å². The Morgan fingerprint density at radius 1 is 1.11 bits per heavy atom. The van der Waals surface area contributed by atoms with E-state index in [-0.39, 0.29) is 18.0 Å². The second kappa shape index (κ2) is 8.71. The van der Waals surface area contributed by atoms with Crippen LogP contribution >= 0.6 is 0 Å². The average molecular weight is 380 g/mol. The van der Waals surface area contributed by atoms with Crippen LogP contribution in [0.3, 0.4) is 0 Å². The van der Waals surface area contributed by atoms with Crippen LogP contribution in [-0.4, -0.2) is 43.2 Å². The number of hydrogen-bond acceptors (Lipinski definition) is 4. The monoisotopic (exact) mass is 380 g/mol. The first kappa shape index (κ1) is 19.6. The number of pyridine rings is 1. The minimum atomic E-state index is -0.210. The van der Waals surface area contributed by atoms with Crippen LogP contribution in [0.2, 0.25) is 0 Å². The molecule has 28 heavy (non-hydrogen) atoms. The van der Waals surface area contributed by atoms with Crippen molar-refractivity contribution in [1.29, 1.82) is 0 Å². The molecule has 3 rings (SSSR count). The highest BCUT2D eigenvalue weighted by atomic mass is 16.5. The molecule has 0 saturated heterocycles. The molecule has 0 aliphatic rings. The number of carbonyl (C=O) groups is 1. The van der Waals surface area contributed by atoms with E-state index in [0.717, 1.165) is 16.5 Å². The molecule has 6 heteroatoms. The third-order valence-corrected chi connectivity index (χ3v) is 4.63. The molecule has 3 aromatic rings. The summed E-state index contributed by atoms with van der Waals surface area (Å²) in [5.41, 5.74) is 2.66. The minimum Gasteiger partial charge on any atom is -0.496 e. The highest BCUT2D eigenvalue weighted by Gasteiger charge is 2.20. The summed E-state index contributed by atoms with van der Waals surface area (Å²) in [4.78, 5) is 30.2. The fourth-order valence-electron chi connectivity index (χ4n) is 3.14. The Morgan fingerprint density at radius 2 is 1.89 bits per heavy atom. The summed E-state index contributed by atoms with van der Waals surface area (Å²) in [6, 6.07) is 14.8. The van der Waals surface area contributed by atoms with Gasteiger partial charge in [-0.25, -0.2) is 0 Å². The van der Waals surface area contributed by atoms with Gasteiger partial charge in [0.1, 0.15) is 5.75 Å². The predicted octanol–water partition coefficient (Wildman–Crippen LogP) is 3.13. The number of benzene rings is 2. The van der Waals surface area contributed by atoms with Crippen LogP contribution in [0.5, 0.6) is 5.75 Å². The van der Waals surface area contributed by atoms with E-state index in [9.17, 15) is 9.59 Å². The third-order valence-electron chi connectivity index (χ3n) is 4.63. The SMILES string of the molecule is COCCN(Cc1cc2cc(C)ccc2[nH]c1=O)C(=O)c1ccccc1OC. The number of nitrogens with zero attached hydrogens (tertiary/aromatic N) is 1. The fourth-order valence-corrected chi connectivity index (χ4v) is 3.14. The summed E-state index contributed by atoms with van der Waals surface area (Å²) in [6.45, 7) is 2.91. The Kier molecular flexibility index (Phi) is 6.11. The number of fused-ring (bicyclic) bond motifs is 1. The van der Waals surface area contributed by atoms with Crippen molar-refractivity contribution in [3.8, 4) is 5.75 Å². The topological polar surface area (TPSA) is 71.6 Å². The van der Waals surface area contributed by atoms with Crippen LogP contribution in [0.1, 0.15) is 21.5 Å². The van der Waals surface area contributed by atoms with Crippen LogP contribution in [0, 0.1) is 6.92 Å². The summed E-state index contributed by atoms with van der Waals surface area (Å²) < 4.78 is 10.5. The molecule has 6 nitrogen and oxygen atoms in total. The van der Waals surface area contributed by atoms with Crippen LogP contribution in [-0.2, 0) is 11.3 Å². The number of aromatic nitrogens is 1. The van der Waals surface area contributed by atoms with Gasteiger partial charge in [-0.05, 0) is 42.6 Å². The minimum absolute atomic E-state index is 0.180. The van der Waals surface area contributed by atoms with Crippen molar-refractivity contribution < 1.29 is 14.3 Å². The Balaban J connectivity index is 1.96. The van der Waals surface area contributed by atoms with E-state index in [1.165, 1.54) is 7.11 Å². The summed E-state index contributed by atoms with van der Waals surface area (Å²) in [6.07, 6.45) is 0. The number of H-pyrrole nitrogens is 1. The fraction of sp³-hybridized carbons (Fsp3) is 0.273. The van der Waals surface area contributed by atoms with Gasteiger partial charge in [0.2, 0.25) is 0 Å². The number of rotatable bonds is 7. The van der Waals surface area contributed by atoms with Gasteiger partial charge in [0.25, 0.3) is 11.5 Å². The Hall–Kier alpha value is -3.12. The zero-order valence-electron chi connectivity index (χ0n) is 16.3. The van der Waals surface area contributed by atoms with E-state index >= 15 is 0 Å². The molecule has 0 aliphatic carbocycles. The van der Waals surface area contributed by atoms with Crippen molar-refractivity contribution >= 4 is 16.8 Å². The number of methoxy groups -OCH3 is 2. The van der Waals surface area contributed by atoms with Gasteiger partial charge in [0.05, 0.1) is 25.8 Å². The molecule has 0 atom stereocenters. The molecule has 0 bridgehead atoms. The lowest BCUT2D eigenvalue weighted by Crippen LogP contribution is -2.35. The van der Waals surface area contributed by atoms with Crippen molar-refractivity contribution in [2.24, 2.45) is 0 Å². The van der Waals surface area contributed by atoms with Crippen LogP contribution in [0.4, 0.5) is 0 Å². The van der Waals surface area contributed by atoms with Crippen molar-refractivity contribution in [1.82, 2.24) is 9.88 Å². The molecule has 2 aromatic carbocycles. The molecule has 1 heterocycles. The second-order valence-corrected chi connectivity index (χ2v) is 6.63. The van der Waals surface area contributed by atoms with Gasteiger partial charge < -0.3 is 19.4 Å². The molecular formula is C22H24N2O4. The van der Waals surface area contributed by atoms with Gasteiger partial charge in [-0.2, -0.15) is 0 Å². The van der Waals surface area contributed by atoms with E-state index < -0.39 is 0 Å². The Morgan fingerprint density at radius 3 is 2.64 bits per heavy atom. The molecule has 1 aromatic heterocycles. The summed E-state index contributed by atoms with van der Waals surface area (Å²) in [7, 11) is 3.11. The normalized spacial score (nSPS) is 10.8. The number of nitrogens with one attached hydrogen (secondary N) is 1. The first-order chi connectivity index (χ1) is 13.5. The number of aryl methyl sites for hydroxylation is 1. The van der Waals surface area contributed by atoms with Crippen molar-refractivity contribution in [3.05, 3.63) is 75.6 Å². The predicted molar refractivity (Wildman–Crippen MR) is 109 cm³/mol. The lowest BCUT2D eigenvalue weighted by molar-refractivity contribution is 0.0676. The first-order valence-corrected chi connectivity index (χ1v) is 9.07. The van der Waals surface area contributed by atoms with Gasteiger partial charge in [0.15, 0.2) is 0 Å². The van der Waals surface area contributed by atoms with E-state index in [1.807, 2.05) is 37.3 Å². The number of ether oxygens (including phenoxy) is 2. The van der Waals surface area contributed by atoms with E-state index in [0.29, 0.717) is 30.0 Å². The van der Waals surface area contributed by atoms with Crippen LogP contribution in [0.15, 0.2) is 53.3 Å². The molecule has 1 N–H and O–H groups in total. The highest BCUT2D eigenvalue weighted by molar-refractivity contribution is 5.97. The zero-order chi connectivity index (χ0) is 20.1. The zero-order valence-corrected chi connectivity index (χ0v) is 16.3. The maximum atomic E-state index is 13.1. The lowest BCUT2D eigenvalue weighted by atomic mass is 10.1. The van der Waals surface area contributed by atoms with Gasteiger partial charge in [-0.3, -0.25) is 9.59 Å². The van der Waals surface area contributed by atoms with E-state index in [2.05, 4.69) is 4.98 Å². The van der Waals surface area contributed by atoms with E-state index in [1.54, 1.807) is 30.2 Å². The Labute approximate surface area is 163 Å². The van der Waals surface area contributed by atoms with Crippen LogP contribution in [0.25, 0.3) is 10.9 Å². The molecule has 0 aliphatic heterocycles. The average Bonchev–Trinajstić information content (AvgIpc) is 2.71. The van der Waals surface area contributed by atoms with Gasteiger partial charge in [0, 0.05) is 24.7 Å². The molecular weight excluding hydrogens is 356 g/mol. The number of hydrogen-bond donors (Lipinski definition) is 1. The van der Waals surface area contributed by atoms with E-state index in [4.69, 9.17) is 9.47 Å². The van der Waals surface area contributed by atoms with Gasteiger partial charge in [-0.1, -0.05) is 23.8 Å². The molecule has 1 amide bonds. The molecule has 0 fully saturated rings. The number of para-hydroxylation sites is 1. The van der Waals surface area contributed by atoms with Gasteiger partial charge >= 0.3 is 0 Å². The van der Waals surface area contributed by atoms with Gasteiger partial charge in [-0.15, -0.1) is 0 Å². The molecule has 0 spiro atoms. The standard InChI is InChI=1S/C22H24N2O4/c1-15-8-9-19-16(12-15)13-17(21(25)23-19)14-24(10-11-27-2)22(26)18-6-4-5-7-20(18)28-3/h4-9,12-13H,10-11,14H2,1-3H3,(H,23,25). The summed E-state index contributed by atoms with van der Waals surface area (Å²) >= 11 is 0. The van der Waals surface area contributed by atoms with Crippen molar-refractivity contribution in [3.63, 3.8) is 0 Å². The van der Waals surface area contributed by atoms with Crippen molar-refractivity contribution in [2.75, 3.05) is 27.4 Å². The maximum absolute atomic E-state index is 13.1. The first-order valence-electron chi connectivity index (χ1n) is 9.07.